The molecule has 2 nitrogen and oxygen atoms in total. The van der Waals surface area contributed by atoms with E-state index in [1.807, 2.05) is 0 Å². The molecule has 2 rings (SSSR count). The van der Waals surface area contributed by atoms with Gasteiger partial charge in [0, 0.05) is 19.1 Å². The zero-order valence-electron chi connectivity index (χ0n) is 10.9. The maximum Gasteiger partial charge on any atom is 0.0868 e. The standard InChI is InChI=1S/C15H23NO/c1-14(12-16,17-2)15(10-6-7-11-15)13-8-4-3-5-9-13/h3-5,8-9H,6-7,10-12,16H2,1-2H3. The van der Waals surface area contributed by atoms with Crippen molar-refractivity contribution in [1.29, 1.82) is 0 Å². The number of rotatable bonds is 4. The molecular formula is C15H23NO. The van der Waals surface area contributed by atoms with Crippen LogP contribution in [0.2, 0.25) is 0 Å². The zero-order chi connectivity index (χ0) is 12.4. The van der Waals surface area contributed by atoms with Crippen LogP contribution in [0.1, 0.15) is 38.2 Å². The minimum atomic E-state index is -0.259. The summed E-state index contributed by atoms with van der Waals surface area (Å²) in [7, 11) is 1.79. The largest absolute Gasteiger partial charge is 0.376 e. The maximum absolute atomic E-state index is 5.99. The number of hydrogen-bond donors (Lipinski definition) is 1. The van der Waals surface area contributed by atoms with Gasteiger partial charge in [-0.05, 0) is 25.3 Å². The molecule has 17 heavy (non-hydrogen) atoms. The quantitative estimate of drug-likeness (QED) is 0.868. The fourth-order valence-corrected chi connectivity index (χ4v) is 3.33. The van der Waals surface area contributed by atoms with E-state index in [1.54, 1.807) is 7.11 Å². The Bertz CT molecular complexity index is 350. The van der Waals surface area contributed by atoms with Crippen LogP contribution in [-0.4, -0.2) is 19.3 Å². The fourth-order valence-electron chi connectivity index (χ4n) is 3.33. The lowest BCUT2D eigenvalue weighted by Crippen LogP contribution is -2.54. The first-order valence-electron chi connectivity index (χ1n) is 6.49. The Hall–Kier alpha value is -0.860. The number of methoxy groups -OCH3 is 1. The molecule has 0 heterocycles. The van der Waals surface area contributed by atoms with E-state index >= 15 is 0 Å². The van der Waals surface area contributed by atoms with E-state index in [1.165, 1.54) is 31.2 Å². The molecule has 94 valence electrons. The summed E-state index contributed by atoms with van der Waals surface area (Å²) in [5.74, 6) is 0. The predicted octanol–water partition coefficient (Wildman–Crippen LogP) is 2.86. The Balaban J connectivity index is 2.47. The lowest BCUT2D eigenvalue weighted by molar-refractivity contribution is -0.0534. The Morgan fingerprint density at radius 1 is 1.24 bits per heavy atom. The molecule has 0 saturated heterocycles. The van der Waals surface area contributed by atoms with Crippen LogP contribution in [-0.2, 0) is 10.2 Å². The molecule has 0 amide bonds. The topological polar surface area (TPSA) is 35.2 Å². The van der Waals surface area contributed by atoms with Crippen molar-refractivity contribution in [2.45, 2.75) is 43.6 Å². The Morgan fingerprint density at radius 2 is 1.82 bits per heavy atom. The van der Waals surface area contributed by atoms with Gasteiger partial charge in [-0.2, -0.15) is 0 Å². The second kappa shape index (κ2) is 4.79. The van der Waals surface area contributed by atoms with Crippen molar-refractivity contribution in [2.75, 3.05) is 13.7 Å². The molecular weight excluding hydrogens is 210 g/mol. The van der Waals surface area contributed by atoms with Gasteiger partial charge < -0.3 is 10.5 Å². The van der Waals surface area contributed by atoms with Crippen LogP contribution in [0.4, 0.5) is 0 Å². The molecule has 2 N–H and O–H groups in total. The van der Waals surface area contributed by atoms with Crippen LogP contribution < -0.4 is 5.73 Å². The Kier molecular flexibility index (Phi) is 3.55. The van der Waals surface area contributed by atoms with Crippen molar-refractivity contribution in [3.63, 3.8) is 0 Å². The average Bonchev–Trinajstić information content (AvgIpc) is 2.90. The molecule has 1 unspecified atom stereocenters. The first kappa shape index (κ1) is 12.6. The van der Waals surface area contributed by atoms with Crippen molar-refractivity contribution >= 4 is 0 Å². The highest BCUT2D eigenvalue weighted by atomic mass is 16.5. The smallest absolute Gasteiger partial charge is 0.0868 e. The normalized spacial score (nSPS) is 22.3. The number of hydrogen-bond acceptors (Lipinski definition) is 2. The summed E-state index contributed by atoms with van der Waals surface area (Å²) in [4.78, 5) is 0. The van der Waals surface area contributed by atoms with Crippen molar-refractivity contribution in [1.82, 2.24) is 0 Å². The molecule has 1 aliphatic carbocycles. The van der Waals surface area contributed by atoms with Gasteiger partial charge in [0.05, 0.1) is 5.60 Å². The van der Waals surface area contributed by atoms with Gasteiger partial charge in [-0.1, -0.05) is 43.2 Å². The monoisotopic (exact) mass is 233 g/mol. The molecule has 0 spiro atoms. The highest BCUT2D eigenvalue weighted by molar-refractivity contribution is 5.31. The van der Waals surface area contributed by atoms with E-state index < -0.39 is 0 Å². The van der Waals surface area contributed by atoms with Gasteiger partial charge in [0.25, 0.3) is 0 Å². The van der Waals surface area contributed by atoms with Crippen LogP contribution in [0.3, 0.4) is 0 Å². The molecule has 0 radical (unpaired) electrons. The summed E-state index contributed by atoms with van der Waals surface area (Å²) in [6.07, 6.45) is 4.90. The third kappa shape index (κ3) is 1.90. The van der Waals surface area contributed by atoms with E-state index in [-0.39, 0.29) is 11.0 Å². The number of ether oxygens (including phenoxy) is 1. The lowest BCUT2D eigenvalue weighted by Gasteiger charge is -2.45. The van der Waals surface area contributed by atoms with Crippen LogP contribution >= 0.6 is 0 Å². The van der Waals surface area contributed by atoms with Crippen molar-refractivity contribution < 1.29 is 4.74 Å². The van der Waals surface area contributed by atoms with E-state index in [2.05, 4.69) is 37.3 Å². The van der Waals surface area contributed by atoms with Gasteiger partial charge in [-0.3, -0.25) is 0 Å². The highest BCUT2D eigenvalue weighted by Gasteiger charge is 2.50. The van der Waals surface area contributed by atoms with Crippen molar-refractivity contribution in [3.8, 4) is 0 Å². The van der Waals surface area contributed by atoms with E-state index in [0.29, 0.717) is 6.54 Å². The minimum Gasteiger partial charge on any atom is -0.376 e. The van der Waals surface area contributed by atoms with Crippen molar-refractivity contribution in [3.05, 3.63) is 35.9 Å². The maximum atomic E-state index is 5.99. The van der Waals surface area contributed by atoms with Gasteiger partial charge in [0.2, 0.25) is 0 Å². The molecule has 0 bridgehead atoms. The Morgan fingerprint density at radius 3 is 2.29 bits per heavy atom. The van der Waals surface area contributed by atoms with E-state index in [4.69, 9.17) is 10.5 Å². The molecule has 1 aromatic carbocycles. The SMILES string of the molecule is COC(C)(CN)C1(c2ccccc2)CCCC1. The Labute approximate surface area is 104 Å². The van der Waals surface area contributed by atoms with Crippen LogP contribution in [0.5, 0.6) is 0 Å². The molecule has 1 saturated carbocycles. The molecule has 0 aliphatic heterocycles. The van der Waals surface area contributed by atoms with Crippen LogP contribution in [0.25, 0.3) is 0 Å². The van der Waals surface area contributed by atoms with Crippen molar-refractivity contribution in [2.24, 2.45) is 5.73 Å². The second-order valence-corrected chi connectivity index (χ2v) is 5.29. The summed E-state index contributed by atoms with van der Waals surface area (Å²) >= 11 is 0. The fraction of sp³-hybridized carbons (Fsp3) is 0.600. The summed E-state index contributed by atoms with van der Waals surface area (Å²) in [6, 6.07) is 10.7. The van der Waals surface area contributed by atoms with Crippen LogP contribution in [0.15, 0.2) is 30.3 Å². The predicted molar refractivity (Wildman–Crippen MR) is 71.1 cm³/mol. The number of benzene rings is 1. The molecule has 2 heteroatoms. The van der Waals surface area contributed by atoms with E-state index in [9.17, 15) is 0 Å². The molecule has 0 aromatic heterocycles. The van der Waals surface area contributed by atoms with Gasteiger partial charge in [-0.15, -0.1) is 0 Å². The summed E-state index contributed by atoms with van der Waals surface area (Å²) in [5.41, 5.74) is 7.21. The van der Waals surface area contributed by atoms with Gasteiger partial charge >= 0.3 is 0 Å². The molecule has 1 aliphatic rings. The number of nitrogens with two attached hydrogens (primary N) is 1. The second-order valence-electron chi connectivity index (χ2n) is 5.29. The van der Waals surface area contributed by atoms with E-state index in [0.717, 1.165) is 0 Å². The van der Waals surface area contributed by atoms with Gasteiger partial charge in [-0.25, -0.2) is 0 Å². The summed E-state index contributed by atoms with van der Waals surface area (Å²) in [6.45, 7) is 2.73. The van der Waals surface area contributed by atoms with Gasteiger partial charge in [0.15, 0.2) is 0 Å². The molecule has 1 atom stereocenters. The first-order chi connectivity index (χ1) is 8.18. The minimum absolute atomic E-state index is 0.0950. The third-order valence-electron chi connectivity index (χ3n) is 4.64. The summed E-state index contributed by atoms with van der Waals surface area (Å²) in [5, 5.41) is 0. The summed E-state index contributed by atoms with van der Waals surface area (Å²) < 4.78 is 5.80. The lowest BCUT2D eigenvalue weighted by atomic mass is 9.66. The first-order valence-corrected chi connectivity index (χ1v) is 6.49. The van der Waals surface area contributed by atoms with Gasteiger partial charge in [0.1, 0.15) is 0 Å². The van der Waals surface area contributed by atoms with Crippen LogP contribution in [0, 0.1) is 0 Å². The molecule has 1 aromatic rings. The average molecular weight is 233 g/mol. The zero-order valence-corrected chi connectivity index (χ0v) is 10.9. The third-order valence-corrected chi connectivity index (χ3v) is 4.64. The highest BCUT2D eigenvalue weighted by Crippen LogP contribution is 2.49. The molecule has 1 fully saturated rings.